The molecular weight excluding hydrogens is 302 g/mol. The third-order valence-corrected chi connectivity index (χ3v) is 4.22. The zero-order valence-corrected chi connectivity index (χ0v) is 13.8. The van der Waals surface area contributed by atoms with Gasteiger partial charge in [0.25, 0.3) is 0 Å². The molecule has 1 saturated heterocycles. The molecule has 2 aromatic carbocycles. The summed E-state index contributed by atoms with van der Waals surface area (Å²) in [5, 5.41) is 0. The Balaban J connectivity index is 1.55. The molecule has 2 aromatic rings. The number of nitrogens with zero attached hydrogens (tertiary/aromatic N) is 1. The number of amides is 1. The zero-order valence-electron chi connectivity index (χ0n) is 13.8. The minimum Gasteiger partial charge on any atom is -0.457 e. The van der Waals surface area contributed by atoms with Crippen molar-refractivity contribution in [1.82, 2.24) is 4.90 Å². The SMILES string of the molecule is Cc1ccc(COC(=O)c2ccc(CN3CCCC3=O)cc2)cc1. The maximum Gasteiger partial charge on any atom is 0.338 e. The quantitative estimate of drug-likeness (QED) is 0.792. The highest BCUT2D eigenvalue weighted by Gasteiger charge is 2.20. The number of ether oxygens (including phenoxy) is 1. The van der Waals surface area contributed by atoms with Crippen LogP contribution in [0.4, 0.5) is 0 Å². The fourth-order valence-electron chi connectivity index (χ4n) is 2.75. The maximum absolute atomic E-state index is 12.1. The molecule has 4 nitrogen and oxygen atoms in total. The number of carbonyl (C=O) groups excluding carboxylic acids is 2. The van der Waals surface area contributed by atoms with Crippen LogP contribution in [0.1, 0.15) is 39.9 Å². The molecule has 0 aliphatic carbocycles. The molecule has 0 radical (unpaired) electrons. The van der Waals surface area contributed by atoms with Crippen molar-refractivity contribution in [1.29, 1.82) is 0 Å². The van der Waals surface area contributed by atoms with Crippen LogP contribution >= 0.6 is 0 Å². The Morgan fingerprint density at radius 3 is 2.33 bits per heavy atom. The lowest BCUT2D eigenvalue weighted by molar-refractivity contribution is -0.128. The van der Waals surface area contributed by atoms with E-state index in [1.807, 2.05) is 48.2 Å². The van der Waals surface area contributed by atoms with Gasteiger partial charge in [-0.25, -0.2) is 4.79 Å². The van der Waals surface area contributed by atoms with E-state index in [0.29, 0.717) is 18.5 Å². The molecule has 0 spiro atoms. The largest absolute Gasteiger partial charge is 0.457 e. The van der Waals surface area contributed by atoms with Gasteiger partial charge in [0.15, 0.2) is 0 Å². The molecule has 124 valence electrons. The van der Waals surface area contributed by atoms with Crippen molar-refractivity contribution >= 4 is 11.9 Å². The molecule has 0 aromatic heterocycles. The van der Waals surface area contributed by atoms with Gasteiger partial charge in [-0.05, 0) is 36.6 Å². The topological polar surface area (TPSA) is 46.6 Å². The number of hydrogen-bond acceptors (Lipinski definition) is 3. The molecule has 0 unspecified atom stereocenters. The second-order valence-electron chi connectivity index (χ2n) is 6.18. The molecular formula is C20H21NO3. The van der Waals surface area contributed by atoms with Crippen LogP contribution in [0.25, 0.3) is 0 Å². The number of rotatable bonds is 5. The van der Waals surface area contributed by atoms with Gasteiger partial charge >= 0.3 is 5.97 Å². The van der Waals surface area contributed by atoms with E-state index in [-0.39, 0.29) is 18.5 Å². The van der Waals surface area contributed by atoms with E-state index in [4.69, 9.17) is 4.74 Å². The molecule has 0 N–H and O–H groups in total. The predicted molar refractivity (Wildman–Crippen MR) is 91.4 cm³/mol. The Bertz CT molecular complexity index is 720. The summed E-state index contributed by atoms with van der Waals surface area (Å²) >= 11 is 0. The van der Waals surface area contributed by atoms with E-state index in [2.05, 4.69) is 0 Å². The highest BCUT2D eigenvalue weighted by Crippen LogP contribution is 2.15. The summed E-state index contributed by atoms with van der Waals surface area (Å²) in [7, 11) is 0. The normalized spacial score (nSPS) is 14.0. The molecule has 0 bridgehead atoms. The van der Waals surface area contributed by atoms with Crippen LogP contribution in [0.3, 0.4) is 0 Å². The summed E-state index contributed by atoms with van der Waals surface area (Å²) in [5.74, 6) is -0.129. The molecule has 1 aliphatic rings. The molecule has 1 aliphatic heterocycles. The summed E-state index contributed by atoms with van der Waals surface area (Å²) in [6.45, 7) is 3.72. The van der Waals surface area contributed by atoms with Crippen molar-refractivity contribution in [2.24, 2.45) is 0 Å². The average molecular weight is 323 g/mol. The van der Waals surface area contributed by atoms with E-state index < -0.39 is 0 Å². The lowest BCUT2D eigenvalue weighted by Gasteiger charge is -2.15. The summed E-state index contributed by atoms with van der Waals surface area (Å²) in [6, 6.07) is 15.2. The maximum atomic E-state index is 12.1. The first-order valence-electron chi connectivity index (χ1n) is 8.21. The van der Waals surface area contributed by atoms with Crippen molar-refractivity contribution in [2.75, 3.05) is 6.54 Å². The van der Waals surface area contributed by atoms with E-state index in [1.165, 1.54) is 5.56 Å². The van der Waals surface area contributed by atoms with E-state index in [1.54, 1.807) is 12.1 Å². The monoisotopic (exact) mass is 323 g/mol. The molecule has 24 heavy (non-hydrogen) atoms. The minimum atomic E-state index is -0.334. The molecule has 0 saturated carbocycles. The standard InChI is InChI=1S/C20H21NO3/c1-15-4-6-17(7-5-15)14-24-20(23)18-10-8-16(9-11-18)13-21-12-2-3-19(21)22/h4-11H,2-3,12-14H2,1H3. The molecule has 0 atom stereocenters. The van der Waals surface area contributed by atoms with Crippen molar-refractivity contribution in [3.8, 4) is 0 Å². The number of esters is 1. The molecule has 3 rings (SSSR count). The van der Waals surface area contributed by atoms with Gasteiger partial charge in [0.05, 0.1) is 5.56 Å². The van der Waals surface area contributed by atoms with Gasteiger partial charge in [-0.15, -0.1) is 0 Å². The third kappa shape index (κ3) is 4.02. The van der Waals surface area contributed by atoms with E-state index in [9.17, 15) is 9.59 Å². The van der Waals surface area contributed by atoms with Crippen LogP contribution in [0, 0.1) is 6.92 Å². The van der Waals surface area contributed by atoms with Crippen LogP contribution in [0.15, 0.2) is 48.5 Å². The Labute approximate surface area is 142 Å². The second kappa shape index (κ2) is 7.30. The van der Waals surface area contributed by atoms with Crippen LogP contribution in [0.2, 0.25) is 0 Å². The number of carbonyl (C=O) groups is 2. The molecule has 1 amide bonds. The number of hydrogen-bond donors (Lipinski definition) is 0. The number of likely N-dealkylation sites (tertiary alicyclic amines) is 1. The van der Waals surface area contributed by atoms with Gasteiger partial charge in [0, 0.05) is 19.5 Å². The fraction of sp³-hybridized carbons (Fsp3) is 0.300. The second-order valence-corrected chi connectivity index (χ2v) is 6.18. The first-order chi connectivity index (χ1) is 11.6. The average Bonchev–Trinajstić information content (AvgIpc) is 3.00. The number of aryl methyl sites for hydroxylation is 1. The van der Waals surface area contributed by atoms with Crippen molar-refractivity contribution < 1.29 is 14.3 Å². The van der Waals surface area contributed by atoms with Crippen molar-refractivity contribution in [3.05, 3.63) is 70.8 Å². The van der Waals surface area contributed by atoms with Crippen LogP contribution < -0.4 is 0 Å². The van der Waals surface area contributed by atoms with Gasteiger partial charge in [0.1, 0.15) is 6.61 Å². The van der Waals surface area contributed by atoms with E-state index in [0.717, 1.165) is 24.1 Å². The zero-order chi connectivity index (χ0) is 16.9. The predicted octanol–water partition coefficient (Wildman–Crippen LogP) is 3.47. The Morgan fingerprint density at radius 1 is 1.04 bits per heavy atom. The Kier molecular flexibility index (Phi) is 4.94. The van der Waals surface area contributed by atoms with Gasteiger partial charge in [0.2, 0.25) is 5.91 Å². The third-order valence-electron chi connectivity index (χ3n) is 4.22. The molecule has 4 heteroatoms. The molecule has 1 heterocycles. The van der Waals surface area contributed by atoms with Gasteiger partial charge in [-0.1, -0.05) is 42.0 Å². The highest BCUT2D eigenvalue weighted by molar-refractivity contribution is 5.89. The van der Waals surface area contributed by atoms with E-state index >= 15 is 0 Å². The lowest BCUT2D eigenvalue weighted by Crippen LogP contribution is -2.23. The molecule has 1 fully saturated rings. The van der Waals surface area contributed by atoms with Gasteiger partial charge in [-0.2, -0.15) is 0 Å². The first kappa shape index (κ1) is 16.2. The summed E-state index contributed by atoms with van der Waals surface area (Å²) in [6.07, 6.45) is 1.58. The van der Waals surface area contributed by atoms with Gasteiger partial charge < -0.3 is 9.64 Å². The van der Waals surface area contributed by atoms with Crippen molar-refractivity contribution in [2.45, 2.75) is 32.9 Å². The summed E-state index contributed by atoms with van der Waals surface area (Å²) in [5.41, 5.74) is 3.70. The summed E-state index contributed by atoms with van der Waals surface area (Å²) < 4.78 is 5.34. The summed E-state index contributed by atoms with van der Waals surface area (Å²) in [4.78, 5) is 25.6. The van der Waals surface area contributed by atoms with Gasteiger partial charge in [-0.3, -0.25) is 4.79 Å². The van der Waals surface area contributed by atoms with Crippen LogP contribution in [-0.2, 0) is 22.7 Å². The Morgan fingerprint density at radius 2 is 1.71 bits per heavy atom. The fourth-order valence-corrected chi connectivity index (χ4v) is 2.75. The lowest BCUT2D eigenvalue weighted by atomic mass is 10.1. The Hall–Kier alpha value is -2.62. The minimum absolute atomic E-state index is 0.205. The van der Waals surface area contributed by atoms with Crippen LogP contribution in [0.5, 0.6) is 0 Å². The smallest absolute Gasteiger partial charge is 0.338 e. The first-order valence-corrected chi connectivity index (χ1v) is 8.21. The highest BCUT2D eigenvalue weighted by atomic mass is 16.5. The number of benzene rings is 2. The van der Waals surface area contributed by atoms with Crippen LogP contribution in [-0.4, -0.2) is 23.3 Å². The van der Waals surface area contributed by atoms with Crippen molar-refractivity contribution in [3.63, 3.8) is 0 Å².